The van der Waals surface area contributed by atoms with Crippen molar-refractivity contribution in [3.05, 3.63) is 28.4 Å². The van der Waals surface area contributed by atoms with Gasteiger partial charge in [0, 0.05) is 6.54 Å². The zero-order valence-electron chi connectivity index (χ0n) is 17.5. The highest BCUT2D eigenvalue weighted by atomic mass is 19.1. The van der Waals surface area contributed by atoms with E-state index in [4.69, 9.17) is 9.47 Å². The molecular formula is C19H27FN4O6. The SMILES string of the molecule is CCOC(=O)CC1(NC(=O)OC(C)(C)C)CCN(c2cccnc2[N+](=O)[O-])CC1F. The normalized spacial score (nSPS) is 21.6. The Morgan fingerprint density at radius 1 is 1.47 bits per heavy atom. The highest BCUT2D eigenvalue weighted by Crippen LogP contribution is 2.35. The van der Waals surface area contributed by atoms with Crippen molar-refractivity contribution < 1.29 is 28.4 Å². The Labute approximate surface area is 173 Å². The summed E-state index contributed by atoms with van der Waals surface area (Å²) in [5.74, 6) is -1.04. The van der Waals surface area contributed by atoms with Gasteiger partial charge in [0.2, 0.25) is 0 Å². The first kappa shape index (κ1) is 23.3. The number of rotatable bonds is 6. The molecule has 1 amide bonds. The first-order valence-electron chi connectivity index (χ1n) is 9.62. The Morgan fingerprint density at radius 3 is 2.73 bits per heavy atom. The summed E-state index contributed by atoms with van der Waals surface area (Å²) in [5, 5.41) is 13.8. The molecule has 1 aliphatic heterocycles. The summed E-state index contributed by atoms with van der Waals surface area (Å²) in [4.78, 5) is 40.3. The summed E-state index contributed by atoms with van der Waals surface area (Å²) in [6.45, 7) is 6.63. The molecule has 0 radical (unpaired) electrons. The van der Waals surface area contributed by atoms with E-state index >= 15 is 4.39 Å². The van der Waals surface area contributed by atoms with Crippen LogP contribution < -0.4 is 10.2 Å². The number of anilines is 1. The number of nitro groups is 1. The van der Waals surface area contributed by atoms with E-state index in [1.807, 2.05) is 0 Å². The second-order valence-corrected chi connectivity index (χ2v) is 8.03. The molecule has 0 bridgehead atoms. The van der Waals surface area contributed by atoms with Crippen molar-refractivity contribution in [2.75, 3.05) is 24.6 Å². The van der Waals surface area contributed by atoms with Crippen molar-refractivity contribution in [1.29, 1.82) is 0 Å². The van der Waals surface area contributed by atoms with E-state index < -0.39 is 34.3 Å². The number of halogens is 1. The molecule has 2 unspecified atom stereocenters. The second kappa shape index (κ2) is 9.23. The Morgan fingerprint density at radius 2 is 2.17 bits per heavy atom. The number of piperidine rings is 1. The number of alkyl carbamates (subject to hydrolysis) is 1. The average Bonchev–Trinajstić information content (AvgIpc) is 2.62. The molecule has 1 aromatic heterocycles. The molecule has 0 aliphatic carbocycles. The number of hydrogen-bond acceptors (Lipinski definition) is 8. The van der Waals surface area contributed by atoms with Crippen LogP contribution >= 0.6 is 0 Å². The van der Waals surface area contributed by atoms with Crippen molar-refractivity contribution in [2.45, 2.75) is 57.8 Å². The van der Waals surface area contributed by atoms with Crippen LogP contribution in [-0.2, 0) is 14.3 Å². The number of aromatic nitrogens is 1. The van der Waals surface area contributed by atoms with Gasteiger partial charge in [-0.2, -0.15) is 0 Å². The zero-order valence-corrected chi connectivity index (χ0v) is 17.5. The topological polar surface area (TPSA) is 124 Å². The predicted octanol–water partition coefficient (Wildman–Crippen LogP) is 2.75. The number of carbonyl (C=O) groups excluding carboxylic acids is 2. The molecule has 11 heteroatoms. The van der Waals surface area contributed by atoms with E-state index in [1.54, 1.807) is 27.7 Å². The third-order valence-corrected chi connectivity index (χ3v) is 4.60. The summed E-state index contributed by atoms with van der Waals surface area (Å²) in [7, 11) is 0. The number of nitrogens with zero attached hydrogens (tertiary/aromatic N) is 3. The number of alkyl halides is 1. The molecule has 30 heavy (non-hydrogen) atoms. The summed E-state index contributed by atoms with van der Waals surface area (Å²) in [6, 6.07) is 3.01. The first-order valence-corrected chi connectivity index (χ1v) is 9.62. The van der Waals surface area contributed by atoms with Gasteiger partial charge in [0.15, 0.2) is 0 Å². The molecule has 0 saturated carbocycles. The van der Waals surface area contributed by atoms with Gasteiger partial charge in [0.25, 0.3) is 0 Å². The summed E-state index contributed by atoms with van der Waals surface area (Å²) in [6.07, 6.45) is -1.66. The minimum Gasteiger partial charge on any atom is -0.466 e. The molecule has 0 spiro atoms. The lowest BCUT2D eigenvalue weighted by atomic mass is 9.82. The van der Waals surface area contributed by atoms with E-state index in [9.17, 15) is 19.7 Å². The minimum absolute atomic E-state index is 0.0122. The second-order valence-electron chi connectivity index (χ2n) is 8.03. The van der Waals surface area contributed by atoms with Crippen LogP contribution in [0.4, 0.5) is 20.7 Å². The molecule has 0 aromatic carbocycles. The van der Waals surface area contributed by atoms with Gasteiger partial charge in [-0.15, -0.1) is 0 Å². The van der Waals surface area contributed by atoms with Gasteiger partial charge in [0.1, 0.15) is 23.7 Å². The highest BCUT2D eigenvalue weighted by Gasteiger charge is 2.48. The Bertz CT molecular complexity index is 799. The van der Waals surface area contributed by atoms with Crippen LogP contribution in [0.25, 0.3) is 0 Å². The van der Waals surface area contributed by atoms with E-state index in [2.05, 4.69) is 10.3 Å². The van der Waals surface area contributed by atoms with Gasteiger partial charge >= 0.3 is 17.9 Å². The monoisotopic (exact) mass is 426 g/mol. The Hall–Kier alpha value is -2.98. The van der Waals surface area contributed by atoms with Crippen molar-refractivity contribution in [2.24, 2.45) is 0 Å². The fourth-order valence-corrected chi connectivity index (χ4v) is 3.31. The van der Waals surface area contributed by atoms with Gasteiger partial charge < -0.3 is 29.8 Å². The number of pyridine rings is 1. The standard InChI is InChI=1S/C19H27FN4O6/c1-5-29-15(25)11-19(22-17(26)30-18(2,3)4)8-10-23(12-14(19)20)13-7-6-9-21-16(13)24(27)28/h6-7,9,14H,5,8,10-12H2,1-4H3,(H,22,26). The van der Waals surface area contributed by atoms with E-state index in [0.29, 0.717) is 0 Å². The van der Waals surface area contributed by atoms with Crippen LogP contribution in [0.3, 0.4) is 0 Å². The number of ether oxygens (including phenoxy) is 2. The molecule has 1 fully saturated rings. The largest absolute Gasteiger partial charge is 0.466 e. The van der Waals surface area contributed by atoms with Crippen LogP contribution in [0.15, 0.2) is 18.3 Å². The Balaban J connectivity index is 2.26. The lowest BCUT2D eigenvalue weighted by Gasteiger charge is -2.44. The molecule has 2 heterocycles. The minimum atomic E-state index is -1.72. The number of esters is 1. The van der Waals surface area contributed by atoms with Crippen LogP contribution in [0, 0.1) is 10.1 Å². The average molecular weight is 426 g/mol. The van der Waals surface area contributed by atoms with Crippen LogP contribution in [0.1, 0.15) is 40.5 Å². The van der Waals surface area contributed by atoms with Crippen molar-refractivity contribution in [1.82, 2.24) is 10.3 Å². The third-order valence-electron chi connectivity index (χ3n) is 4.60. The lowest BCUT2D eigenvalue weighted by molar-refractivity contribution is -0.388. The van der Waals surface area contributed by atoms with Gasteiger partial charge in [-0.25, -0.2) is 9.18 Å². The number of carbonyl (C=O) groups is 2. The fourth-order valence-electron chi connectivity index (χ4n) is 3.31. The molecule has 1 saturated heterocycles. The van der Waals surface area contributed by atoms with Crippen LogP contribution in [0.2, 0.25) is 0 Å². The quantitative estimate of drug-likeness (QED) is 0.418. The maximum Gasteiger partial charge on any atom is 0.408 e. The lowest BCUT2D eigenvalue weighted by Crippen LogP contribution is -2.64. The molecule has 2 atom stereocenters. The molecule has 166 valence electrons. The molecular weight excluding hydrogens is 399 g/mol. The molecule has 1 aromatic rings. The predicted molar refractivity (Wildman–Crippen MR) is 106 cm³/mol. The van der Waals surface area contributed by atoms with Crippen molar-refractivity contribution in [3.8, 4) is 0 Å². The van der Waals surface area contributed by atoms with Crippen LogP contribution in [0.5, 0.6) is 0 Å². The Kier molecular flexibility index (Phi) is 7.16. The molecule has 1 aliphatic rings. The summed E-state index contributed by atoms with van der Waals surface area (Å²) >= 11 is 0. The molecule has 10 nitrogen and oxygen atoms in total. The molecule has 2 rings (SSSR count). The van der Waals surface area contributed by atoms with Gasteiger partial charge in [-0.05, 0) is 56.2 Å². The van der Waals surface area contributed by atoms with Crippen molar-refractivity contribution in [3.63, 3.8) is 0 Å². The number of nitrogens with one attached hydrogen (secondary N) is 1. The first-order chi connectivity index (χ1) is 14.0. The maximum absolute atomic E-state index is 15.5. The fraction of sp³-hybridized carbons (Fsp3) is 0.632. The van der Waals surface area contributed by atoms with Crippen LogP contribution in [-0.4, -0.2) is 59.0 Å². The third kappa shape index (κ3) is 5.77. The zero-order chi connectivity index (χ0) is 22.5. The smallest absolute Gasteiger partial charge is 0.408 e. The highest BCUT2D eigenvalue weighted by molar-refractivity contribution is 5.75. The maximum atomic E-state index is 15.5. The summed E-state index contributed by atoms with van der Waals surface area (Å²) < 4.78 is 25.6. The number of amides is 1. The van der Waals surface area contributed by atoms with Gasteiger partial charge in [-0.1, -0.05) is 0 Å². The van der Waals surface area contributed by atoms with Gasteiger partial charge in [0.05, 0.1) is 25.1 Å². The van der Waals surface area contributed by atoms with Crippen molar-refractivity contribution >= 4 is 23.6 Å². The van der Waals surface area contributed by atoms with E-state index in [0.717, 1.165) is 0 Å². The molecule has 1 N–H and O–H groups in total. The van der Waals surface area contributed by atoms with E-state index in [-0.39, 0.29) is 44.0 Å². The summed E-state index contributed by atoms with van der Waals surface area (Å²) in [5.41, 5.74) is -2.19. The number of hydrogen-bond donors (Lipinski definition) is 1. The van der Waals surface area contributed by atoms with E-state index in [1.165, 1.54) is 23.2 Å². The van der Waals surface area contributed by atoms with Gasteiger partial charge in [-0.3, -0.25) is 4.79 Å².